The summed E-state index contributed by atoms with van der Waals surface area (Å²) in [5, 5.41) is 24.3. The van der Waals surface area contributed by atoms with Crippen molar-refractivity contribution in [3.05, 3.63) is 94.2 Å². The van der Waals surface area contributed by atoms with Gasteiger partial charge in [0.25, 0.3) is 0 Å². The molecule has 0 radical (unpaired) electrons. The van der Waals surface area contributed by atoms with Gasteiger partial charge in [-0.25, -0.2) is 4.39 Å². The van der Waals surface area contributed by atoms with Crippen molar-refractivity contribution in [2.24, 2.45) is 0 Å². The lowest BCUT2D eigenvalue weighted by Crippen LogP contribution is -2.41. The van der Waals surface area contributed by atoms with E-state index in [4.69, 9.17) is 0 Å². The van der Waals surface area contributed by atoms with Gasteiger partial charge in [-0.1, -0.05) is 47.7 Å². The number of hydrogen-bond acceptors (Lipinski definition) is 8. The van der Waals surface area contributed by atoms with Crippen molar-refractivity contribution in [3.63, 3.8) is 0 Å². The summed E-state index contributed by atoms with van der Waals surface area (Å²) in [6.45, 7) is 0. The minimum atomic E-state index is -0.728. The van der Waals surface area contributed by atoms with Crippen molar-refractivity contribution >= 4 is 28.3 Å². The van der Waals surface area contributed by atoms with E-state index in [0.717, 1.165) is 48.0 Å². The number of allylic oxidation sites excluding steroid dienone is 3. The molecule has 2 amide bonds. The number of phenols is 1. The zero-order valence-corrected chi connectivity index (χ0v) is 20.8. The van der Waals surface area contributed by atoms with Gasteiger partial charge in [-0.05, 0) is 54.7 Å². The van der Waals surface area contributed by atoms with Gasteiger partial charge < -0.3 is 21.2 Å². The fourth-order valence-corrected chi connectivity index (χ4v) is 4.42. The first-order chi connectivity index (χ1) is 17.9. The molecule has 4 rings (SSSR count). The van der Waals surface area contributed by atoms with Crippen LogP contribution in [-0.4, -0.2) is 27.1 Å². The number of aryl methyl sites for hydroxylation is 1. The zero-order chi connectivity index (χ0) is 26.0. The monoisotopic (exact) mass is 522 g/mol. The highest BCUT2D eigenvalue weighted by molar-refractivity contribution is 7.15. The van der Waals surface area contributed by atoms with Crippen LogP contribution >= 0.6 is 11.3 Å². The molecule has 3 aromatic rings. The number of aromatic hydroxyl groups is 1. The Morgan fingerprint density at radius 2 is 1.65 bits per heavy atom. The standard InChI is InChI=1S/C26H27FN6O3S/c27-20-12-10-18(14-21(20)34)16-24(36)29-26-33-32-25(37-26)9-5-4-8-19-11-13-22(31-30-19)28-23(35)15-17-6-2-1-3-7-17/h1-3,6-7,10-14,30-31,34H,4-5,8-9,15-16H2,(H,28,35)(H,29,33,36). The Morgan fingerprint density at radius 3 is 2.41 bits per heavy atom. The highest BCUT2D eigenvalue weighted by Crippen LogP contribution is 2.20. The van der Waals surface area contributed by atoms with E-state index >= 15 is 0 Å². The molecule has 9 nitrogen and oxygen atoms in total. The summed E-state index contributed by atoms with van der Waals surface area (Å²) < 4.78 is 13.1. The van der Waals surface area contributed by atoms with E-state index < -0.39 is 11.6 Å². The fraction of sp³-hybridized carbons (Fsp3) is 0.231. The second kappa shape index (κ2) is 12.6. The number of carbonyl (C=O) groups excluding carboxylic acids is 2. The topological polar surface area (TPSA) is 128 Å². The van der Waals surface area contributed by atoms with E-state index in [2.05, 4.69) is 31.7 Å². The van der Waals surface area contributed by atoms with Crippen LogP contribution in [0.4, 0.5) is 9.52 Å². The number of nitrogens with zero attached hydrogens (tertiary/aromatic N) is 2. The third-order valence-corrected chi connectivity index (χ3v) is 6.36. The summed E-state index contributed by atoms with van der Waals surface area (Å²) in [6.07, 6.45) is 7.44. The number of phenolic OH excluding ortho intramolecular Hbond substituents is 1. The molecule has 0 unspecified atom stereocenters. The number of aromatic nitrogens is 2. The Kier molecular flexibility index (Phi) is 8.82. The van der Waals surface area contributed by atoms with E-state index in [1.807, 2.05) is 42.5 Å². The van der Waals surface area contributed by atoms with Gasteiger partial charge in [0.1, 0.15) is 10.8 Å². The summed E-state index contributed by atoms with van der Waals surface area (Å²) in [7, 11) is 0. The number of hydrogen-bond donors (Lipinski definition) is 5. The van der Waals surface area contributed by atoms with Gasteiger partial charge >= 0.3 is 0 Å². The Balaban J connectivity index is 1.14. The van der Waals surface area contributed by atoms with Gasteiger partial charge in [0.05, 0.1) is 12.8 Å². The summed E-state index contributed by atoms with van der Waals surface area (Å²) in [4.78, 5) is 24.4. The minimum Gasteiger partial charge on any atom is -0.505 e. The summed E-state index contributed by atoms with van der Waals surface area (Å²) >= 11 is 1.31. The quantitative estimate of drug-likeness (QED) is 0.244. The molecular weight excluding hydrogens is 495 g/mol. The van der Waals surface area contributed by atoms with Crippen molar-refractivity contribution in [2.75, 3.05) is 5.32 Å². The van der Waals surface area contributed by atoms with E-state index in [0.29, 0.717) is 22.9 Å². The summed E-state index contributed by atoms with van der Waals surface area (Å²) in [6, 6.07) is 13.4. The van der Waals surface area contributed by atoms with Crippen molar-refractivity contribution < 1.29 is 19.1 Å². The van der Waals surface area contributed by atoms with Gasteiger partial charge in [0.2, 0.25) is 16.9 Å². The van der Waals surface area contributed by atoms with E-state index in [1.165, 1.54) is 23.5 Å². The molecule has 0 bridgehead atoms. The van der Waals surface area contributed by atoms with Crippen molar-refractivity contribution in [3.8, 4) is 5.75 Å². The molecule has 0 fully saturated rings. The predicted octanol–water partition coefficient (Wildman–Crippen LogP) is 3.47. The lowest BCUT2D eigenvalue weighted by atomic mass is 10.1. The lowest BCUT2D eigenvalue weighted by molar-refractivity contribution is -0.120. The lowest BCUT2D eigenvalue weighted by Gasteiger charge is -2.20. The average Bonchev–Trinajstić information content (AvgIpc) is 3.32. The number of hydrazine groups is 1. The number of nitrogens with one attached hydrogen (secondary N) is 4. The maximum atomic E-state index is 13.1. The Labute approximate surface area is 217 Å². The SMILES string of the molecule is O=C(Cc1ccccc1)NC1=CC=C(CCCCc2nnc(NC(=O)Cc3ccc(F)c(O)c3)s2)NN1. The number of carbonyl (C=O) groups is 2. The first-order valence-electron chi connectivity index (χ1n) is 11.8. The van der Waals surface area contributed by atoms with Gasteiger partial charge in [0, 0.05) is 12.1 Å². The number of rotatable bonds is 11. The zero-order valence-electron chi connectivity index (χ0n) is 20.0. The second-order valence-corrected chi connectivity index (χ2v) is 9.51. The van der Waals surface area contributed by atoms with Crippen LogP contribution in [0.15, 0.2) is 72.2 Å². The van der Waals surface area contributed by atoms with Gasteiger partial charge in [-0.15, -0.1) is 10.2 Å². The fourth-order valence-electron chi connectivity index (χ4n) is 3.62. The number of amides is 2. The molecule has 0 atom stereocenters. The summed E-state index contributed by atoms with van der Waals surface area (Å²) in [5.74, 6) is -1.02. The van der Waals surface area contributed by atoms with Crippen LogP contribution in [0.25, 0.3) is 0 Å². The third-order valence-electron chi connectivity index (χ3n) is 5.47. The van der Waals surface area contributed by atoms with Crippen LogP contribution < -0.4 is 21.5 Å². The van der Waals surface area contributed by atoms with Crippen molar-refractivity contribution in [2.45, 2.75) is 38.5 Å². The molecule has 0 saturated heterocycles. The van der Waals surface area contributed by atoms with E-state index in [9.17, 15) is 19.1 Å². The molecule has 0 aliphatic carbocycles. The number of halogens is 1. The number of benzene rings is 2. The Bertz CT molecular complexity index is 1310. The third kappa shape index (κ3) is 8.14. The average molecular weight is 523 g/mol. The molecular formula is C26H27FN6O3S. The highest BCUT2D eigenvalue weighted by atomic mass is 32.1. The van der Waals surface area contributed by atoms with Crippen molar-refractivity contribution in [1.29, 1.82) is 0 Å². The van der Waals surface area contributed by atoms with Gasteiger partial charge in [0.15, 0.2) is 11.6 Å². The molecule has 1 aliphatic heterocycles. The molecule has 0 saturated carbocycles. The Hall–Kier alpha value is -4.25. The van der Waals surface area contributed by atoms with E-state index in [1.54, 1.807) is 0 Å². The second-order valence-electron chi connectivity index (χ2n) is 8.45. The number of unbranched alkanes of at least 4 members (excludes halogenated alkanes) is 1. The molecule has 11 heteroatoms. The molecule has 0 spiro atoms. The van der Waals surface area contributed by atoms with Crippen LogP contribution in [0, 0.1) is 5.82 Å². The van der Waals surface area contributed by atoms with Crippen LogP contribution in [-0.2, 0) is 28.9 Å². The smallest absolute Gasteiger partial charge is 0.230 e. The molecule has 192 valence electrons. The van der Waals surface area contributed by atoms with Gasteiger partial charge in [-0.3, -0.25) is 15.0 Å². The predicted molar refractivity (Wildman–Crippen MR) is 139 cm³/mol. The number of anilines is 1. The molecule has 37 heavy (non-hydrogen) atoms. The highest BCUT2D eigenvalue weighted by Gasteiger charge is 2.12. The van der Waals surface area contributed by atoms with E-state index in [-0.39, 0.29) is 18.2 Å². The molecule has 2 aromatic carbocycles. The summed E-state index contributed by atoms with van der Waals surface area (Å²) in [5.41, 5.74) is 8.58. The molecule has 2 heterocycles. The van der Waals surface area contributed by atoms with Crippen LogP contribution in [0.1, 0.15) is 35.4 Å². The van der Waals surface area contributed by atoms with Crippen LogP contribution in [0.2, 0.25) is 0 Å². The Morgan fingerprint density at radius 1 is 0.892 bits per heavy atom. The normalized spacial score (nSPS) is 12.6. The van der Waals surface area contributed by atoms with Crippen molar-refractivity contribution in [1.82, 2.24) is 26.4 Å². The van der Waals surface area contributed by atoms with Crippen LogP contribution in [0.3, 0.4) is 0 Å². The maximum Gasteiger partial charge on any atom is 0.230 e. The molecule has 1 aliphatic rings. The molecule has 1 aromatic heterocycles. The minimum absolute atomic E-state index is 0.00817. The molecule has 5 N–H and O–H groups in total. The van der Waals surface area contributed by atoms with Crippen LogP contribution in [0.5, 0.6) is 5.75 Å². The first kappa shape index (κ1) is 25.8. The largest absolute Gasteiger partial charge is 0.505 e. The maximum absolute atomic E-state index is 13.1. The first-order valence-corrected chi connectivity index (χ1v) is 12.6. The van der Waals surface area contributed by atoms with Gasteiger partial charge in [-0.2, -0.15) is 0 Å².